The van der Waals surface area contributed by atoms with Gasteiger partial charge >= 0.3 is 0 Å². The smallest absolute Gasteiger partial charge is 0.271 e. The largest absolute Gasteiger partial charge is 0.494 e. The Kier molecular flexibility index (Phi) is 6.46. The Hall–Kier alpha value is -3.61. The van der Waals surface area contributed by atoms with E-state index in [1.807, 2.05) is 24.3 Å². The Bertz CT molecular complexity index is 1490. The number of aliphatic imine (C=N–C) groups is 1. The van der Waals surface area contributed by atoms with Crippen molar-refractivity contribution in [2.75, 3.05) is 11.5 Å². The third-order valence-corrected chi connectivity index (χ3v) is 7.58. The summed E-state index contributed by atoms with van der Waals surface area (Å²) in [5, 5.41) is 20.9. The molecule has 0 radical (unpaired) electrons. The van der Waals surface area contributed by atoms with Crippen molar-refractivity contribution in [1.29, 1.82) is 5.26 Å². The first-order valence-corrected chi connectivity index (χ1v) is 12.5. The van der Waals surface area contributed by atoms with Crippen molar-refractivity contribution < 1.29 is 18.3 Å². The van der Waals surface area contributed by atoms with Crippen LogP contribution in [0.3, 0.4) is 0 Å². The predicted molar refractivity (Wildman–Crippen MR) is 129 cm³/mol. The Labute approximate surface area is 201 Å². The third kappa shape index (κ3) is 4.69. The molecule has 1 aliphatic rings. The molecule has 2 heterocycles. The molecule has 1 atom stereocenters. The van der Waals surface area contributed by atoms with Gasteiger partial charge in [-0.15, -0.1) is 0 Å². The van der Waals surface area contributed by atoms with Crippen LogP contribution in [0.25, 0.3) is 0 Å². The highest BCUT2D eigenvalue weighted by Crippen LogP contribution is 2.35. The van der Waals surface area contributed by atoms with Gasteiger partial charge in [0.15, 0.2) is 15.6 Å². The fraction of sp³-hybridized carbons (Fsp3) is 0.208. The van der Waals surface area contributed by atoms with E-state index in [0.717, 1.165) is 4.57 Å². The molecule has 1 aromatic heterocycles. The summed E-state index contributed by atoms with van der Waals surface area (Å²) in [6, 6.07) is 15.0. The number of hydrogen-bond acceptors (Lipinski definition) is 7. The van der Waals surface area contributed by atoms with Crippen LogP contribution in [-0.2, 0) is 9.84 Å². The highest BCUT2D eigenvalue weighted by atomic mass is 35.5. The molecule has 0 saturated carbocycles. The summed E-state index contributed by atoms with van der Waals surface area (Å²) in [6.07, 6.45) is 1.48. The van der Waals surface area contributed by atoms with E-state index in [1.54, 1.807) is 30.3 Å². The molecule has 0 spiro atoms. The molecule has 4 rings (SSSR count). The molecule has 0 amide bonds. The maximum atomic E-state index is 12.9. The normalized spacial score (nSPS) is 17.0. The molecule has 10 heteroatoms. The zero-order valence-electron chi connectivity index (χ0n) is 18.1. The number of ether oxygens (including phenoxy) is 1. The monoisotopic (exact) mass is 497 g/mol. The van der Waals surface area contributed by atoms with Crippen molar-refractivity contribution in [3.63, 3.8) is 0 Å². The summed E-state index contributed by atoms with van der Waals surface area (Å²) in [5.41, 5.74) is -0.192. The highest BCUT2D eigenvalue weighted by molar-refractivity contribution is 7.91. The molecule has 1 aliphatic heterocycles. The number of benzene rings is 2. The van der Waals surface area contributed by atoms with Gasteiger partial charge in [-0.3, -0.25) is 14.4 Å². The first-order chi connectivity index (χ1) is 16.2. The van der Waals surface area contributed by atoms with E-state index >= 15 is 0 Å². The second-order valence-electron chi connectivity index (χ2n) is 7.87. The molecule has 2 aromatic carbocycles. The van der Waals surface area contributed by atoms with Gasteiger partial charge in [-0.1, -0.05) is 29.8 Å². The van der Waals surface area contributed by atoms with Crippen LogP contribution in [0.4, 0.5) is 5.69 Å². The summed E-state index contributed by atoms with van der Waals surface area (Å²) in [7, 11) is -3.33. The van der Waals surface area contributed by atoms with E-state index in [4.69, 9.17) is 16.3 Å². The number of halogens is 1. The van der Waals surface area contributed by atoms with Crippen molar-refractivity contribution in [2.45, 2.75) is 19.4 Å². The fourth-order valence-corrected chi connectivity index (χ4v) is 5.71. The predicted octanol–water partition coefficient (Wildman–Crippen LogP) is 4.29. The standard InChI is InChI=1S/C24H20ClN3O5S/c1-15-19(12-26)23(29)28(17-9-10-34(31,32)14-17)24(30)20(15)13-27-21-11-16(25)7-8-22(21)33-18-5-3-2-4-6-18/h2-8,11,13,17,30H,9-10,14H2,1H3/t17-/m1/s1. The molecule has 0 unspecified atom stereocenters. The van der Waals surface area contributed by atoms with Crippen molar-refractivity contribution in [1.82, 2.24) is 4.57 Å². The molecule has 1 fully saturated rings. The molecule has 8 nitrogen and oxygen atoms in total. The summed E-state index contributed by atoms with van der Waals surface area (Å²) in [5.74, 6) is 0.169. The molecule has 1 saturated heterocycles. The first-order valence-electron chi connectivity index (χ1n) is 10.4. The van der Waals surface area contributed by atoms with E-state index in [0.29, 0.717) is 22.2 Å². The number of aromatic hydroxyl groups is 1. The Morgan fingerprint density at radius 3 is 2.65 bits per heavy atom. The van der Waals surface area contributed by atoms with Crippen LogP contribution in [-0.4, -0.2) is 35.8 Å². The lowest BCUT2D eigenvalue weighted by Crippen LogP contribution is -2.29. The van der Waals surface area contributed by atoms with E-state index < -0.39 is 27.3 Å². The van der Waals surface area contributed by atoms with Gasteiger partial charge in [0.25, 0.3) is 5.56 Å². The van der Waals surface area contributed by atoms with Gasteiger partial charge in [0.05, 0.1) is 23.1 Å². The minimum atomic E-state index is -3.33. The first kappa shape index (κ1) is 23.5. The van der Waals surface area contributed by atoms with E-state index in [9.17, 15) is 23.6 Å². The van der Waals surface area contributed by atoms with Crippen molar-refractivity contribution >= 4 is 33.3 Å². The maximum Gasteiger partial charge on any atom is 0.271 e. The number of aromatic nitrogens is 1. The van der Waals surface area contributed by atoms with Crippen LogP contribution in [0, 0.1) is 18.3 Å². The number of sulfone groups is 1. The summed E-state index contributed by atoms with van der Waals surface area (Å²) in [4.78, 5) is 17.3. The molecule has 3 aromatic rings. The minimum Gasteiger partial charge on any atom is -0.494 e. The van der Waals surface area contributed by atoms with Crippen LogP contribution in [0.2, 0.25) is 5.02 Å². The lowest BCUT2D eigenvalue weighted by Gasteiger charge is -2.18. The summed E-state index contributed by atoms with van der Waals surface area (Å²) < 4.78 is 30.8. The van der Waals surface area contributed by atoms with E-state index in [1.165, 1.54) is 13.1 Å². The van der Waals surface area contributed by atoms with E-state index in [2.05, 4.69) is 4.99 Å². The van der Waals surface area contributed by atoms with Crippen molar-refractivity contribution in [2.24, 2.45) is 4.99 Å². The quantitative estimate of drug-likeness (QED) is 0.525. The lowest BCUT2D eigenvalue weighted by atomic mass is 10.0. The van der Waals surface area contributed by atoms with Crippen molar-refractivity contribution in [3.05, 3.63) is 80.6 Å². The van der Waals surface area contributed by atoms with Gasteiger partial charge in [-0.2, -0.15) is 5.26 Å². The van der Waals surface area contributed by atoms with Gasteiger partial charge < -0.3 is 9.84 Å². The van der Waals surface area contributed by atoms with Crippen LogP contribution in [0.15, 0.2) is 58.3 Å². The average Bonchev–Trinajstić information content (AvgIpc) is 3.15. The highest BCUT2D eigenvalue weighted by Gasteiger charge is 2.33. The lowest BCUT2D eigenvalue weighted by molar-refractivity contribution is 0.379. The van der Waals surface area contributed by atoms with Crippen molar-refractivity contribution in [3.8, 4) is 23.4 Å². The second-order valence-corrected chi connectivity index (χ2v) is 10.5. The molecule has 174 valence electrons. The Balaban J connectivity index is 1.80. The zero-order chi connectivity index (χ0) is 24.5. The fourth-order valence-electron chi connectivity index (χ4n) is 3.84. The number of nitrogens with zero attached hydrogens (tertiary/aromatic N) is 3. The number of hydrogen-bond donors (Lipinski definition) is 1. The van der Waals surface area contributed by atoms with Gasteiger partial charge in [-0.25, -0.2) is 8.42 Å². The van der Waals surface area contributed by atoms with Gasteiger partial charge in [0, 0.05) is 11.2 Å². The molecule has 1 N–H and O–H groups in total. The zero-order valence-corrected chi connectivity index (χ0v) is 19.7. The minimum absolute atomic E-state index is 0.0918. The number of para-hydroxylation sites is 1. The summed E-state index contributed by atoms with van der Waals surface area (Å²) in [6.45, 7) is 1.52. The molecule has 34 heavy (non-hydrogen) atoms. The third-order valence-electron chi connectivity index (χ3n) is 5.59. The number of rotatable bonds is 5. The maximum absolute atomic E-state index is 12.9. The van der Waals surface area contributed by atoms with Crippen LogP contribution in [0.5, 0.6) is 17.4 Å². The molecule has 0 bridgehead atoms. The van der Waals surface area contributed by atoms with Crippen LogP contribution < -0.4 is 10.3 Å². The SMILES string of the molecule is Cc1c(C=Nc2cc(Cl)ccc2Oc2ccccc2)c(O)n([C@@H]2CCS(=O)(=O)C2)c(=O)c1C#N. The van der Waals surface area contributed by atoms with Gasteiger partial charge in [-0.05, 0) is 49.2 Å². The average molecular weight is 498 g/mol. The molecular weight excluding hydrogens is 478 g/mol. The summed E-state index contributed by atoms with van der Waals surface area (Å²) >= 11 is 6.15. The number of pyridine rings is 1. The van der Waals surface area contributed by atoms with E-state index in [-0.39, 0.29) is 34.6 Å². The van der Waals surface area contributed by atoms with Gasteiger partial charge in [0.1, 0.15) is 23.1 Å². The Morgan fingerprint density at radius 1 is 1.26 bits per heavy atom. The second kappa shape index (κ2) is 9.33. The number of nitriles is 1. The van der Waals surface area contributed by atoms with Crippen LogP contribution in [0.1, 0.15) is 29.2 Å². The molecule has 0 aliphatic carbocycles. The molecular formula is C24H20ClN3O5S. The van der Waals surface area contributed by atoms with Crippen LogP contribution >= 0.6 is 11.6 Å². The van der Waals surface area contributed by atoms with Gasteiger partial charge in [0.2, 0.25) is 5.88 Å². The Morgan fingerprint density at radius 2 is 2.00 bits per heavy atom. The topological polar surface area (TPSA) is 122 Å².